The number of anilines is 2. The van der Waals surface area contributed by atoms with Crippen molar-refractivity contribution < 1.29 is 46.7 Å². The third kappa shape index (κ3) is 7.23. The van der Waals surface area contributed by atoms with E-state index in [-0.39, 0.29) is 101 Å². The van der Waals surface area contributed by atoms with Crippen LogP contribution in [0.2, 0.25) is 0 Å². The molecule has 2 aliphatic rings. The summed E-state index contributed by atoms with van der Waals surface area (Å²) in [5.41, 5.74) is -1.80. The summed E-state index contributed by atoms with van der Waals surface area (Å²) in [6, 6.07) is 1.99. The number of nitrogens with zero attached hydrogens (tertiary/aromatic N) is 2. The summed E-state index contributed by atoms with van der Waals surface area (Å²) >= 11 is 0. The molecule has 0 radical (unpaired) electrons. The molecule has 2 aliphatic heterocycles. The molecule has 3 rings (SSSR count). The van der Waals surface area contributed by atoms with E-state index in [1.807, 2.05) is 0 Å². The van der Waals surface area contributed by atoms with Crippen molar-refractivity contribution in [1.82, 2.24) is 5.32 Å². The number of cyclic esters (lactones) is 1. The van der Waals surface area contributed by atoms with Gasteiger partial charge in [0.15, 0.2) is 11.6 Å². The summed E-state index contributed by atoms with van der Waals surface area (Å²) in [5, 5.41) is 2.51. The first kappa shape index (κ1) is 29.2. The molecule has 1 atom stereocenters. The van der Waals surface area contributed by atoms with Crippen molar-refractivity contribution in [3.8, 4) is 0 Å². The van der Waals surface area contributed by atoms with Crippen LogP contribution in [-0.2, 0) is 23.4 Å². The van der Waals surface area contributed by atoms with E-state index in [4.69, 9.17) is 14.0 Å². The molecule has 0 unspecified atom stereocenters. The number of phosphoric ester groups is 1. The van der Waals surface area contributed by atoms with Gasteiger partial charge in [-0.05, 0) is 12.8 Å². The number of hydrogen-bond acceptors (Lipinski definition) is 9. The van der Waals surface area contributed by atoms with Crippen molar-refractivity contribution in [1.29, 1.82) is 0 Å². The number of amides is 2. The third-order valence-electron chi connectivity index (χ3n) is 5.47. The molecule has 0 saturated carbocycles. The first-order chi connectivity index (χ1) is 15.4. The molecular formula is C19H24CaF2N3O8P. The largest absolute Gasteiger partial charge is 2.00 e. The van der Waals surface area contributed by atoms with Crippen LogP contribution in [0.1, 0.15) is 19.8 Å². The van der Waals surface area contributed by atoms with Crippen molar-refractivity contribution in [2.75, 3.05) is 49.7 Å². The minimum absolute atomic E-state index is 0. The van der Waals surface area contributed by atoms with Gasteiger partial charge in [-0.1, -0.05) is 0 Å². The van der Waals surface area contributed by atoms with Crippen LogP contribution in [0, 0.1) is 11.6 Å². The van der Waals surface area contributed by atoms with Gasteiger partial charge in [0.05, 0.1) is 38.8 Å². The van der Waals surface area contributed by atoms with E-state index in [1.165, 1.54) is 18.9 Å². The number of carbonyl (C=O) groups excluding carboxylic acids is 2. The fourth-order valence-electron chi connectivity index (χ4n) is 4.01. The van der Waals surface area contributed by atoms with E-state index in [2.05, 4.69) is 5.32 Å². The second-order valence-corrected chi connectivity index (χ2v) is 9.03. The maximum absolute atomic E-state index is 14.9. The van der Waals surface area contributed by atoms with Crippen molar-refractivity contribution in [3.05, 3.63) is 23.8 Å². The average Bonchev–Trinajstić information content (AvgIpc) is 3.07. The molecule has 0 bridgehead atoms. The molecule has 2 heterocycles. The Kier molecular flexibility index (Phi) is 10.1. The van der Waals surface area contributed by atoms with Gasteiger partial charge in [-0.2, -0.15) is 0 Å². The fourth-order valence-corrected chi connectivity index (χ4v) is 4.72. The number of nitrogens with one attached hydrogen (secondary N) is 1. The molecule has 2 fully saturated rings. The van der Waals surface area contributed by atoms with E-state index >= 15 is 0 Å². The van der Waals surface area contributed by atoms with Gasteiger partial charge >= 0.3 is 43.8 Å². The van der Waals surface area contributed by atoms with E-state index in [0.717, 1.165) is 17.0 Å². The number of phosphoric acid groups is 1. The number of piperidine rings is 1. The van der Waals surface area contributed by atoms with Gasteiger partial charge in [0, 0.05) is 39.3 Å². The van der Waals surface area contributed by atoms with Crippen LogP contribution in [0.25, 0.3) is 0 Å². The first-order valence-electron chi connectivity index (χ1n) is 10.1. The Bertz CT molecular complexity index is 934. The Hall–Kier alpha value is -1.05. The standard InChI is InChI=1S/C19H26F2N3O8P.Ca/c1-12(25)22-9-14-10-24(18(26)31-14)13-7-15(20)17(16(21)8-13)23-5-3-19(4-6-23,11-30-2)32-33(27,28)29;/h7-8,14H,3-6,9-11H2,1-2H3,(H,22,25)(H2,27,28,29);/q;+2/p-2/t14-;/m0./s1. The van der Waals surface area contributed by atoms with E-state index in [1.54, 1.807) is 0 Å². The van der Waals surface area contributed by atoms with Crippen molar-refractivity contribution in [2.24, 2.45) is 0 Å². The Morgan fingerprint density at radius 1 is 1.29 bits per heavy atom. The third-order valence-corrected chi connectivity index (χ3v) is 6.08. The number of hydrogen-bond donors (Lipinski definition) is 1. The van der Waals surface area contributed by atoms with Gasteiger partial charge in [-0.25, -0.2) is 13.6 Å². The summed E-state index contributed by atoms with van der Waals surface area (Å²) < 4.78 is 55.8. The molecule has 1 N–H and O–H groups in total. The molecule has 0 spiro atoms. The smallest absolute Gasteiger partial charge is 0.790 e. The van der Waals surface area contributed by atoms with Gasteiger partial charge in [-0.15, -0.1) is 0 Å². The van der Waals surface area contributed by atoms with Crippen molar-refractivity contribution in [3.63, 3.8) is 0 Å². The van der Waals surface area contributed by atoms with Gasteiger partial charge in [0.25, 0.3) is 0 Å². The Morgan fingerprint density at radius 2 is 1.88 bits per heavy atom. The quantitative estimate of drug-likeness (QED) is 0.359. The summed E-state index contributed by atoms with van der Waals surface area (Å²) in [5.74, 6) is -2.16. The average molecular weight is 531 g/mol. The van der Waals surface area contributed by atoms with Crippen LogP contribution in [0.3, 0.4) is 0 Å². The number of rotatable bonds is 8. The van der Waals surface area contributed by atoms with Crippen LogP contribution in [-0.4, -0.2) is 101 Å². The molecule has 1 aromatic rings. The van der Waals surface area contributed by atoms with E-state index < -0.39 is 37.3 Å². The van der Waals surface area contributed by atoms with Crippen LogP contribution < -0.4 is 24.9 Å². The predicted octanol–water partition coefficient (Wildman–Crippen LogP) is -0.124. The van der Waals surface area contributed by atoms with Gasteiger partial charge in [0.1, 0.15) is 11.8 Å². The van der Waals surface area contributed by atoms with Crippen LogP contribution in [0.15, 0.2) is 12.1 Å². The number of benzene rings is 1. The summed E-state index contributed by atoms with van der Waals surface area (Å²) in [6.45, 7) is 1.21. The van der Waals surface area contributed by atoms with E-state index in [0.29, 0.717) is 0 Å². The molecule has 1 aromatic carbocycles. The minimum Gasteiger partial charge on any atom is -0.790 e. The predicted molar refractivity (Wildman–Crippen MR) is 113 cm³/mol. The molecule has 0 aliphatic carbocycles. The van der Waals surface area contributed by atoms with Gasteiger partial charge in [0.2, 0.25) is 5.91 Å². The number of methoxy groups -OCH3 is 1. The molecule has 34 heavy (non-hydrogen) atoms. The molecule has 0 aromatic heterocycles. The molecule has 2 saturated heterocycles. The van der Waals surface area contributed by atoms with E-state index in [9.17, 15) is 32.7 Å². The van der Waals surface area contributed by atoms with Gasteiger partial charge < -0.3 is 38.6 Å². The zero-order chi connectivity index (χ0) is 24.4. The van der Waals surface area contributed by atoms with Crippen LogP contribution >= 0.6 is 7.82 Å². The molecule has 11 nitrogen and oxygen atoms in total. The molecule has 184 valence electrons. The summed E-state index contributed by atoms with van der Waals surface area (Å²) in [4.78, 5) is 47.8. The zero-order valence-electron chi connectivity index (χ0n) is 18.8. The van der Waals surface area contributed by atoms with Gasteiger partial charge in [-0.3, -0.25) is 9.69 Å². The molecule has 15 heteroatoms. The topological polar surface area (TPSA) is 144 Å². The monoisotopic (exact) mass is 531 g/mol. The van der Waals surface area contributed by atoms with Crippen molar-refractivity contribution in [2.45, 2.75) is 31.5 Å². The summed E-state index contributed by atoms with van der Waals surface area (Å²) in [6.07, 6.45) is -1.49. The SMILES string of the molecule is COCC1(OP(=O)([O-])[O-])CCN(c2c(F)cc(N3C[C@H](CNC(C)=O)OC3=O)cc2F)CC1.[Ca+2]. The van der Waals surface area contributed by atoms with Crippen molar-refractivity contribution >= 4 is 68.9 Å². The Labute approximate surface area is 224 Å². The first-order valence-corrected chi connectivity index (χ1v) is 11.6. The maximum Gasteiger partial charge on any atom is 2.00 e. The number of carbonyl (C=O) groups is 2. The zero-order valence-corrected chi connectivity index (χ0v) is 21.9. The maximum atomic E-state index is 14.9. The van der Waals surface area contributed by atoms with Crippen LogP contribution in [0.4, 0.5) is 25.0 Å². The fraction of sp³-hybridized carbons (Fsp3) is 0.579. The Balaban J connectivity index is 0.00000408. The molecule has 2 amide bonds. The second-order valence-electron chi connectivity index (χ2n) is 7.95. The number of ether oxygens (including phenoxy) is 2. The van der Waals surface area contributed by atoms with Crippen LogP contribution in [0.5, 0.6) is 0 Å². The Morgan fingerprint density at radius 3 is 2.38 bits per heavy atom. The normalized spacial score (nSPS) is 20.1. The number of halogens is 2. The second kappa shape index (κ2) is 11.8. The summed E-state index contributed by atoms with van der Waals surface area (Å²) in [7, 11) is -3.98. The minimum atomic E-state index is -5.30. The molecular weight excluding hydrogens is 507 g/mol.